The molecular weight excluding hydrogens is 556 g/mol. The molecule has 2 aromatic heterocycles. The largest absolute Gasteiger partial charge is 0.465 e. The van der Waals surface area contributed by atoms with Gasteiger partial charge in [-0.25, -0.2) is 4.79 Å². The predicted molar refractivity (Wildman–Crippen MR) is 172 cm³/mol. The molecule has 3 heterocycles. The molecule has 0 amide bonds. The normalized spacial score (nSPS) is 16.2. The predicted octanol–water partition coefficient (Wildman–Crippen LogP) is 7.55. The Morgan fingerprint density at radius 2 is 1.51 bits per heavy atom. The van der Waals surface area contributed by atoms with Gasteiger partial charge in [-0.2, -0.15) is 0 Å². The number of aryl methyl sites for hydroxylation is 2. The summed E-state index contributed by atoms with van der Waals surface area (Å²) in [6, 6.07) is 31.3. The number of esters is 1. The maximum absolute atomic E-state index is 12.0. The van der Waals surface area contributed by atoms with E-state index in [1.165, 1.54) is 12.7 Å². The molecule has 0 saturated carbocycles. The average molecular weight is 589 g/mol. The molecule has 7 nitrogen and oxygen atoms in total. The van der Waals surface area contributed by atoms with E-state index < -0.39 is 0 Å². The molecule has 6 rings (SSSR count). The Labute approximate surface area is 256 Å². The lowest BCUT2D eigenvalue weighted by molar-refractivity contribution is 0.0600. The van der Waals surface area contributed by atoms with Crippen molar-refractivity contribution in [1.82, 2.24) is 14.9 Å². The van der Waals surface area contributed by atoms with Crippen molar-refractivity contribution in [2.75, 3.05) is 12.0 Å². The van der Waals surface area contributed by atoms with Crippen LogP contribution in [0.5, 0.6) is 11.5 Å². The number of nitrogens with one attached hydrogen (secondary N) is 1. The van der Waals surface area contributed by atoms with E-state index >= 15 is 0 Å². The van der Waals surface area contributed by atoms with Crippen molar-refractivity contribution in [3.8, 4) is 17.2 Å². The summed E-state index contributed by atoms with van der Waals surface area (Å²) in [4.78, 5) is 18.9. The smallest absolute Gasteiger partial charge is 0.337 e. The van der Waals surface area contributed by atoms with E-state index in [2.05, 4.69) is 41.6 Å². The second kappa shape index (κ2) is 11.7. The highest BCUT2D eigenvalue weighted by Gasteiger charge is 2.42. The number of rotatable bonds is 7. The van der Waals surface area contributed by atoms with Crippen LogP contribution in [0.2, 0.25) is 0 Å². The Bertz CT molecular complexity index is 1770. The number of anilines is 1. The molecule has 1 aliphatic rings. The molecule has 43 heavy (non-hydrogen) atoms. The van der Waals surface area contributed by atoms with E-state index in [4.69, 9.17) is 26.7 Å². The van der Waals surface area contributed by atoms with Crippen LogP contribution in [0.4, 0.5) is 5.69 Å². The number of hydrogen-bond donors (Lipinski definition) is 1. The maximum Gasteiger partial charge on any atom is 0.337 e. The number of carbonyl (C=O) groups excluding carboxylic acids is 1. The lowest BCUT2D eigenvalue weighted by Crippen LogP contribution is -2.29. The van der Waals surface area contributed by atoms with Gasteiger partial charge in [-0.15, -0.1) is 0 Å². The molecule has 216 valence electrons. The molecule has 1 N–H and O–H groups in total. The molecule has 1 fully saturated rings. The van der Waals surface area contributed by atoms with Crippen LogP contribution in [-0.2, 0) is 4.74 Å². The van der Waals surface area contributed by atoms with Gasteiger partial charge < -0.3 is 24.3 Å². The van der Waals surface area contributed by atoms with E-state index in [9.17, 15) is 4.79 Å². The second-order valence-corrected chi connectivity index (χ2v) is 11.0. The molecule has 8 heteroatoms. The zero-order valence-corrected chi connectivity index (χ0v) is 25.3. The van der Waals surface area contributed by atoms with E-state index in [-0.39, 0.29) is 18.1 Å². The Morgan fingerprint density at radius 1 is 0.860 bits per heavy atom. The SMILES string of the molecule is COC(=O)c1ccc(-n2c(C)cc([C@@H]3[C@@H](c4ccccn4)NC(=S)N3c3ccc(Oc4ccc(C)cc4)cc3)c2C)cc1. The summed E-state index contributed by atoms with van der Waals surface area (Å²) in [5, 5.41) is 4.18. The summed E-state index contributed by atoms with van der Waals surface area (Å²) in [7, 11) is 1.39. The number of aromatic nitrogens is 2. The summed E-state index contributed by atoms with van der Waals surface area (Å²) < 4.78 is 13.2. The highest BCUT2D eigenvalue weighted by atomic mass is 32.1. The first kappa shape index (κ1) is 28.2. The third-order valence-electron chi connectivity index (χ3n) is 7.81. The number of benzene rings is 3. The molecule has 0 unspecified atom stereocenters. The fraction of sp³-hybridized carbons (Fsp3) is 0.171. The van der Waals surface area contributed by atoms with Gasteiger partial charge in [0.05, 0.1) is 30.5 Å². The number of carbonyl (C=O) groups is 1. The Balaban J connectivity index is 1.38. The molecule has 5 aromatic rings. The number of hydrogen-bond acceptors (Lipinski definition) is 5. The Hall–Kier alpha value is -4.95. The van der Waals surface area contributed by atoms with Gasteiger partial charge in [0.25, 0.3) is 0 Å². The van der Waals surface area contributed by atoms with Gasteiger partial charge in [-0.1, -0.05) is 23.8 Å². The van der Waals surface area contributed by atoms with Gasteiger partial charge in [-0.05, 0) is 117 Å². The van der Waals surface area contributed by atoms with Crippen LogP contribution in [0.3, 0.4) is 0 Å². The maximum atomic E-state index is 12.0. The fourth-order valence-corrected chi connectivity index (χ4v) is 6.06. The molecule has 1 saturated heterocycles. The van der Waals surface area contributed by atoms with Crippen molar-refractivity contribution in [2.45, 2.75) is 32.9 Å². The standard InChI is InChI=1S/C35H32N4O3S/c1-22-8-16-28(17-9-22)42-29-18-14-27(15-19-29)39-33(32(37-35(39)43)31-7-5-6-20-36-31)30-21-23(2)38(24(30)3)26-12-10-25(11-13-26)34(40)41-4/h5-21,32-33H,1-4H3,(H,37,43)/t32-,33-/m1/s1. The van der Waals surface area contributed by atoms with Crippen molar-refractivity contribution in [1.29, 1.82) is 0 Å². The first-order chi connectivity index (χ1) is 20.8. The number of nitrogens with zero attached hydrogens (tertiary/aromatic N) is 3. The molecule has 0 spiro atoms. The number of methoxy groups -OCH3 is 1. The van der Waals surface area contributed by atoms with Crippen LogP contribution in [0, 0.1) is 20.8 Å². The fourth-order valence-electron chi connectivity index (χ4n) is 5.71. The van der Waals surface area contributed by atoms with Crippen LogP contribution in [-0.4, -0.2) is 27.7 Å². The third-order valence-corrected chi connectivity index (χ3v) is 8.12. The van der Waals surface area contributed by atoms with E-state index in [1.807, 2.05) is 85.1 Å². The highest BCUT2D eigenvalue weighted by Crippen LogP contribution is 2.44. The molecule has 0 bridgehead atoms. The minimum Gasteiger partial charge on any atom is -0.465 e. The monoisotopic (exact) mass is 588 g/mol. The van der Waals surface area contributed by atoms with Crippen molar-refractivity contribution in [3.63, 3.8) is 0 Å². The third kappa shape index (κ3) is 5.49. The molecule has 0 aliphatic carbocycles. The first-order valence-corrected chi connectivity index (χ1v) is 14.5. The summed E-state index contributed by atoms with van der Waals surface area (Å²) >= 11 is 5.96. The molecule has 0 radical (unpaired) electrons. The zero-order valence-electron chi connectivity index (χ0n) is 24.4. The zero-order chi connectivity index (χ0) is 30.1. The van der Waals surface area contributed by atoms with Crippen molar-refractivity contribution in [3.05, 3.63) is 137 Å². The van der Waals surface area contributed by atoms with Crippen molar-refractivity contribution >= 4 is 29.0 Å². The van der Waals surface area contributed by atoms with E-state index in [1.54, 1.807) is 12.1 Å². The highest BCUT2D eigenvalue weighted by molar-refractivity contribution is 7.80. The number of pyridine rings is 1. The summed E-state index contributed by atoms with van der Waals surface area (Å²) in [6.45, 7) is 6.26. The molecule has 3 aromatic carbocycles. The average Bonchev–Trinajstić information content (AvgIpc) is 3.53. The van der Waals surface area contributed by atoms with Gasteiger partial charge in [0.15, 0.2) is 5.11 Å². The van der Waals surface area contributed by atoms with E-state index in [0.29, 0.717) is 10.7 Å². The van der Waals surface area contributed by atoms with Gasteiger partial charge >= 0.3 is 5.97 Å². The van der Waals surface area contributed by atoms with Gasteiger partial charge in [-0.3, -0.25) is 4.98 Å². The summed E-state index contributed by atoms with van der Waals surface area (Å²) in [5.74, 6) is 1.18. The Kier molecular flexibility index (Phi) is 7.69. The molecule has 2 atom stereocenters. The van der Waals surface area contributed by atoms with Crippen LogP contribution < -0.4 is 15.0 Å². The molecule has 1 aliphatic heterocycles. The van der Waals surface area contributed by atoms with Gasteiger partial charge in [0.2, 0.25) is 0 Å². The molecular formula is C35H32N4O3S. The topological polar surface area (TPSA) is 68.6 Å². The minimum absolute atomic E-state index is 0.166. The van der Waals surface area contributed by atoms with Crippen molar-refractivity contribution in [2.24, 2.45) is 0 Å². The first-order valence-electron chi connectivity index (χ1n) is 14.1. The quantitative estimate of drug-likeness (QED) is 0.155. The number of thiocarbonyl (C=S) groups is 1. The van der Waals surface area contributed by atoms with E-state index in [0.717, 1.165) is 45.5 Å². The van der Waals surface area contributed by atoms with Crippen LogP contribution in [0.25, 0.3) is 5.69 Å². The van der Waals surface area contributed by atoms with Gasteiger partial charge in [0.1, 0.15) is 11.5 Å². The second-order valence-electron chi connectivity index (χ2n) is 10.6. The van der Waals surface area contributed by atoms with Crippen LogP contribution in [0.15, 0.2) is 103 Å². The minimum atomic E-state index is -0.358. The number of ether oxygens (including phenoxy) is 2. The lowest BCUT2D eigenvalue weighted by atomic mass is 9.96. The van der Waals surface area contributed by atoms with Crippen LogP contribution >= 0.6 is 12.2 Å². The van der Waals surface area contributed by atoms with Crippen molar-refractivity contribution < 1.29 is 14.3 Å². The summed E-state index contributed by atoms with van der Waals surface area (Å²) in [5.41, 5.74) is 7.77. The van der Waals surface area contributed by atoms with Gasteiger partial charge in [0, 0.05) is 29.0 Å². The summed E-state index contributed by atoms with van der Waals surface area (Å²) in [6.07, 6.45) is 1.81. The lowest BCUT2D eigenvalue weighted by Gasteiger charge is -2.28. The Morgan fingerprint density at radius 3 is 2.14 bits per heavy atom. The van der Waals surface area contributed by atoms with Crippen LogP contribution in [0.1, 0.15) is 50.7 Å².